The zero-order valence-electron chi connectivity index (χ0n) is 18.4. The van der Waals surface area contributed by atoms with Gasteiger partial charge in [0.05, 0.1) is 11.5 Å². The summed E-state index contributed by atoms with van der Waals surface area (Å²) >= 11 is 0. The average Bonchev–Trinajstić information content (AvgIpc) is 2.47. The number of carbonyl (C=O) groups excluding carboxylic acids is 2. The first-order valence-corrected chi connectivity index (χ1v) is 11.6. The van der Waals surface area contributed by atoms with Crippen molar-refractivity contribution >= 4 is 27.6 Å². The van der Waals surface area contributed by atoms with Crippen LogP contribution in [0.3, 0.4) is 0 Å². The van der Waals surface area contributed by atoms with E-state index < -0.39 is 27.8 Å². The van der Waals surface area contributed by atoms with E-state index in [-0.39, 0.29) is 54.2 Å². The lowest BCUT2D eigenvalue weighted by Gasteiger charge is -2.22. The molecular formula is C19H37N3O6S. The first kappa shape index (κ1) is 27.3. The maximum Gasteiger partial charge on any atom is 0.303 e. The number of carboxylic acids is 1. The van der Waals surface area contributed by atoms with Crippen LogP contribution < -0.4 is 16.0 Å². The van der Waals surface area contributed by atoms with Gasteiger partial charge in [-0.25, -0.2) is 8.42 Å². The van der Waals surface area contributed by atoms with Crippen molar-refractivity contribution in [1.82, 2.24) is 16.0 Å². The van der Waals surface area contributed by atoms with E-state index >= 15 is 0 Å². The van der Waals surface area contributed by atoms with Gasteiger partial charge in [-0.3, -0.25) is 14.4 Å². The topological polar surface area (TPSA) is 142 Å². The maximum atomic E-state index is 12.4. The first-order valence-electron chi connectivity index (χ1n) is 9.75. The number of hydrogen-bond acceptors (Lipinski definition) is 6. The number of amides is 2. The fraction of sp³-hybridized carbons (Fsp3) is 0.842. The summed E-state index contributed by atoms with van der Waals surface area (Å²) in [6.45, 7) is 11.6. The lowest BCUT2D eigenvalue weighted by Crippen LogP contribution is -2.48. The largest absolute Gasteiger partial charge is 0.481 e. The highest BCUT2D eigenvalue weighted by molar-refractivity contribution is 7.91. The second kappa shape index (κ2) is 11.5. The second-order valence-electron chi connectivity index (χ2n) is 9.41. The van der Waals surface area contributed by atoms with Crippen LogP contribution >= 0.6 is 0 Å². The van der Waals surface area contributed by atoms with Gasteiger partial charge < -0.3 is 21.1 Å². The summed E-state index contributed by atoms with van der Waals surface area (Å²) < 4.78 is 24.2. The van der Waals surface area contributed by atoms with Gasteiger partial charge in [0, 0.05) is 31.5 Å². The third-order valence-corrected chi connectivity index (χ3v) is 5.42. The Morgan fingerprint density at radius 3 is 2.00 bits per heavy atom. The van der Waals surface area contributed by atoms with Crippen LogP contribution in [0.1, 0.15) is 60.8 Å². The summed E-state index contributed by atoms with van der Waals surface area (Å²) in [5.41, 5.74) is -0.473. The van der Waals surface area contributed by atoms with Crippen LogP contribution in [0.4, 0.5) is 0 Å². The van der Waals surface area contributed by atoms with Crippen molar-refractivity contribution in [2.75, 3.05) is 24.6 Å². The van der Waals surface area contributed by atoms with Crippen molar-refractivity contribution in [3.8, 4) is 0 Å². The van der Waals surface area contributed by atoms with Gasteiger partial charge in [0.25, 0.3) is 0 Å². The molecule has 0 bridgehead atoms. The molecule has 0 radical (unpaired) electrons. The zero-order chi connectivity index (χ0) is 22.9. The van der Waals surface area contributed by atoms with Crippen LogP contribution in [-0.2, 0) is 24.2 Å². The van der Waals surface area contributed by atoms with Crippen LogP contribution in [0.25, 0.3) is 0 Å². The third-order valence-electron chi connectivity index (χ3n) is 3.77. The van der Waals surface area contributed by atoms with E-state index in [0.717, 1.165) is 0 Å². The molecule has 0 aliphatic carbocycles. The molecule has 170 valence electrons. The van der Waals surface area contributed by atoms with Crippen LogP contribution in [0.15, 0.2) is 0 Å². The smallest absolute Gasteiger partial charge is 0.303 e. The molecule has 10 heteroatoms. The van der Waals surface area contributed by atoms with Crippen LogP contribution in [0, 0.1) is 5.41 Å². The second-order valence-corrected chi connectivity index (χ2v) is 11.7. The van der Waals surface area contributed by atoms with E-state index in [2.05, 4.69) is 16.0 Å². The maximum absolute atomic E-state index is 12.4. The summed E-state index contributed by atoms with van der Waals surface area (Å²) in [5.74, 6) is -2.31. The van der Waals surface area contributed by atoms with E-state index in [1.54, 1.807) is 0 Å². The van der Waals surface area contributed by atoms with Crippen LogP contribution in [-0.4, -0.2) is 67.5 Å². The van der Waals surface area contributed by atoms with E-state index in [1.165, 1.54) is 0 Å². The minimum absolute atomic E-state index is 0.0507. The molecule has 4 N–H and O–H groups in total. The molecule has 2 amide bonds. The van der Waals surface area contributed by atoms with Crippen molar-refractivity contribution in [2.24, 2.45) is 5.41 Å². The molecule has 0 aromatic heterocycles. The van der Waals surface area contributed by atoms with Gasteiger partial charge in [-0.2, -0.15) is 0 Å². The number of carboxylic acid groups (broad SMARTS) is 1. The number of sulfone groups is 1. The predicted octanol–water partition coefficient (Wildman–Crippen LogP) is 0.691. The minimum Gasteiger partial charge on any atom is -0.481 e. The van der Waals surface area contributed by atoms with E-state index in [1.807, 2.05) is 41.5 Å². The van der Waals surface area contributed by atoms with Crippen molar-refractivity contribution < 1.29 is 27.9 Å². The highest BCUT2D eigenvalue weighted by atomic mass is 32.2. The lowest BCUT2D eigenvalue weighted by molar-refractivity contribution is -0.138. The Balaban J connectivity index is 4.67. The lowest BCUT2D eigenvalue weighted by atomic mass is 9.91. The summed E-state index contributed by atoms with van der Waals surface area (Å²) in [6.07, 6.45) is -0.178. The van der Waals surface area contributed by atoms with Crippen molar-refractivity contribution in [2.45, 2.75) is 72.4 Å². The number of aliphatic carboxylic acids is 1. The summed E-state index contributed by atoms with van der Waals surface area (Å²) in [5, 5.41) is 17.0. The number of hydrogen-bond donors (Lipinski definition) is 4. The molecule has 0 unspecified atom stereocenters. The fourth-order valence-corrected chi connectivity index (χ4v) is 3.43. The van der Waals surface area contributed by atoms with Crippen LogP contribution in [0.2, 0.25) is 0 Å². The van der Waals surface area contributed by atoms with Gasteiger partial charge in [0.2, 0.25) is 11.8 Å². The fourth-order valence-electron chi connectivity index (χ4n) is 2.40. The monoisotopic (exact) mass is 435 g/mol. The average molecular weight is 436 g/mol. The molecule has 0 fully saturated rings. The molecule has 0 spiro atoms. The Morgan fingerprint density at radius 2 is 1.52 bits per heavy atom. The van der Waals surface area contributed by atoms with Crippen molar-refractivity contribution in [3.63, 3.8) is 0 Å². The molecule has 0 heterocycles. The predicted molar refractivity (Wildman–Crippen MR) is 112 cm³/mol. The Bertz CT molecular complexity index is 662. The number of carbonyl (C=O) groups is 3. The van der Waals surface area contributed by atoms with Gasteiger partial charge in [-0.05, 0) is 32.6 Å². The first-order chi connectivity index (χ1) is 13.0. The van der Waals surface area contributed by atoms with Gasteiger partial charge in [0.15, 0.2) is 9.84 Å². The summed E-state index contributed by atoms with van der Waals surface area (Å²) in [7, 11) is -3.36. The number of nitrogens with one attached hydrogen (secondary N) is 3. The van der Waals surface area contributed by atoms with E-state index in [9.17, 15) is 22.8 Å². The van der Waals surface area contributed by atoms with E-state index in [0.29, 0.717) is 6.54 Å². The number of rotatable bonds is 12. The summed E-state index contributed by atoms with van der Waals surface area (Å²) in [6, 6.07) is -1.02. The molecule has 1 atom stereocenters. The van der Waals surface area contributed by atoms with E-state index in [4.69, 9.17) is 5.11 Å². The quantitative estimate of drug-likeness (QED) is 0.353. The molecule has 29 heavy (non-hydrogen) atoms. The van der Waals surface area contributed by atoms with Gasteiger partial charge >= 0.3 is 5.97 Å². The normalized spacial score (nSPS) is 13.6. The molecule has 0 rings (SSSR count). The summed E-state index contributed by atoms with van der Waals surface area (Å²) in [4.78, 5) is 35.3. The van der Waals surface area contributed by atoms with Gasteiger partial charge in [-0.15, -0.1) is 0 Å². The highest BCUT2D eigenvalue weighted by Crippen LogP contribution is 2.18. The molecule has 0 aromatic carbocycles. The Kier molecular flexibility index (Phi) is 10.8. The third kappa shape index (κ3) is 15.9. The molecule has 0 saturated heterocycles. The molecule has 0 saturated carbocycles. The molecule has 9 nitrogen and oxygen atoms in total. The Hall–Kier alpha value is -1.68. The standard InChI is InChI=1S/C19H37N3O6S/c1-18(2,3)13-15(23)22-14(7-8-16(24)25)17(26)20-9-11-29(27,28)12-10-21-19(4,5)6/h14,21H,7-13H2,1-6H3,(H,20,26)(H,22,23)(H,24,25)/t14-/m1/s1. The molecule has 0 aliphatic heterocycles. The van der Waals surface area contributed by atoms with Crippen LogP contribution in [0.5, 0.6) is 0 Å². The molecule has 0 aromatic rings. The zero-order valence-corrected chi connectivity index (χ0v) is 19.2. The molecular weight excluding hydrogens is 398 g/mol. The minimum atomic E-state index is -3.36. The Morgan fingerprint density at radius 1 is 0.966 bits per heavy atom. The van der Waals surface area contributed by atoms with Crippen molar-refractivity contribution in [3.05, 3.63) is 0 Å². The highest BCUT2D eigenvalue weighted by Gasteiger charge is 2.24. The SMILES string of the molecule is CC(C)(C)CC(=O)N[C@H](CCC(=O)O)C(=O)NCCS(=O)(=O)CCNC(C)(C)C. The van der Waals surface area contributed by atoms with Gasteiger partial charge in [-0.1, -0.05) is 20.8 Å². The Labute approximate surface area is 174 Å². The molecule has 0 aliphatic rings. The van der Waals surface area contributed by atoms with Gasteiger partial charge in [0.1, 0.15) is 6.04 Å². The van der Waals surface area contributed by atoms with Crippen molar-refractivity contribution in [1.29, 1.82) is 0 Å².